The summed E-state index contributed by atoms with van der Waals surface area (Å²) in [5, 5.41) is 2.31. The van der Waals surface area contributed by atoms with Gasteiger partial charge in [0, 0.05) is 7.05 Å². The molecule has 0 spiro atoms. The summed E-state index contributed by atoms with van der Waals surface area (Å²) in [5.41, 5.74) is 0.762. The van der Waals surface area contributed by atoms with Gasteiger partial charge < -0.3 is 15.8 Å². The van der Waals surface area contributed by atoms with Crippen molar-refractivity contribution in [2.75, 3.05) is 7.05 Å². The Morgan fingerprint density at radius 1 is 1.06 bits per heavy atom. The molecule has 0 saturated carbocycles. The van der Waals surface area contributed by atoms with Crippen molar-refractivity contribution in [3.05, 3.63) is 83.7 Å². The minimum absolute atomic E-state index is 0.0106. The van der Waals surface area contributed by atoms with Crippen LogP contribution in [0.1, 0.15) is 36.6 Å². The molecule has 0 aromatic heterocycles. The number of nitrogens with two attached hydrogens (primary N) is 1. The molecule has 0 aliphatic rings. The van der Waals surface area contributed by atoms with E-state index >= 15 is 0 Å². The Bertz CT molecular complexity index is 899. The molecule has 1 rings (SSSR count). The largest absolute Gasteiger partial charge is 0.488 e. The number of carbonyl (C=O) groups is 1. The molecule has 1 aromatic carbocycles. The molecule has 0 fully saturated rings. The van der Waals surface area contributed by atoms with Crippen LogP contribution < -0.4 is 11.1 Å². The van der Waals surface area contributed by atoms with Gasteiger partial charge in [0.05, 0.1) is 11.1 Å². The Morgan fingerprint density at radius 3 is 1.97 bits per heavy atom. The molecule has 0 heterocycles. The van der Waals surface area contributed by atoms with E-state index in [9.17, 15) is 31.1 Å². The lowest BCUT2D eigenvalue weighted by Crippen LogP contribution is -2.55. The van der Waals surface area contributed by atoms with Crippen LogP contribution in [0.25, 0.3) is 0 Å². The van der Waals surface area contributed by atoms with Crippen molar-refractivity contribution >= 4 is 5.91 Å². The van der Waals surface area contributed by atoms with E-state index in [2.05, 4.69) is 18.5 Å². The van der Waals surface area contributed by atoms with Gasteiger partial charge >= 0.3 is 12.4 Å². The number of alkyl halides is 6. The molecule has 0 bridgehead atoms. The molecule has 2 atom stereocenters. The van der Waals surface area contributed by atoms with Gasteiger partial charge in [-0.1, -0.05) is 37.5 Å². The van der Waals surface area contributed by atoms with E-state index in [1.165, 1.54) is 26.1 Å². The molecular formula is C22H24F6N2O2. The summed E-state index contributed by atoms with van der Waals surface area (Å²) in [6, 6.07) is 1.08. The van der Waals surface area contributed by atoms with E-state index in [1.807, 2.05) is 0 Å². The van der Waals surface area contributed by atoms with E-state index in [4.69, 9.17) is 10.5 Å². The van der Waals surface area contributed by atoms with Crippen molar-refractivity contribution in [3.8, 4) is 0 Å². The number of nitrogens with one attached hydrogen (secondary N) is 1. The highest BCUT2D eigenvalue weighted by atomic mass is 19.4. The third-order valence-corrected chi connectivity index (χ3v) is 4.53. The first-order valence-electron chi connectivity index (χ1n) is 9.24. The SMILES string of the molecule is C=C(/C=C\C=C/C)[C@](N)(C(=C)O[C@H](C)c1cc(C(F)(F)F)cc(C(F)(F)F)c1)C(=O)NC. The Hall–Kier alpha value is -3.01. The van der Waals surface area contributed by atoms with Crippen LogP contribution in [0, 0.1) is 0 Å². The molecule has 0 aliphatic carbocycles. The molecule has 10 heteroatoms. The van der Waals surface area contributed by atoms with Gasteiger partial charge in [0.1, 0.15) is 11.9 Å². The molecule has 176 valence electrons. The van der Waals surface area contributed by atoms with Crippen molar-refractivity contribution < 1.29 is 35.9 Å². The van der Waals surface area contributed by atoms with Gasteiger partial charge in [0.15, 0.2) is 5.54 Å². The number of carbonyl (C=O) groups excluding carboxylic acids is 1. The summed E-state index contributed by atoms with van der Waals surface area (Å²) in [6.07, 6.45) is -5.13. The van der Waals surface area contributed by atoms with Gasteiger partial charge in [-0.3, -0.25) is 4.79 Å². The van der Waals surface area contributed by atoms with E-state index in [-0.39, 0.29) is 11.6 Å². The number of allylic oxidation sites excluding steroid dienone is 3. The van der Waals surface area contributed by atoms with Crippen molar-refractivity contribution in [3.63, 3.8) is 0 Å². The lowest BCUT2D eigenvalue weighted by atomic mass is 9.88. The maximum atomic E-state index is 13.1. The summed E-state index contributed by atoms with van der Waals surface area (Å²) in [7, 11) is 1.28. The highest BCUT2D eigenvalue weighted by Crippen LogP contribution is 2.38. The average molecular weight is 462 g/mol. The number of hydrogen-bond donors (Lipinski definition) is 2. The number of rotatable bonds is 8. The number of benzene rings is 1. The molecule has 0 aliphatic heterocycles. The monoisotopic (exact) mass is 462 g/mol. The van der Waals surface area contributed by atoms with Crippen molar-refractivity contribution in [1.82, 2.24) is 5.32 Å². The fourth-order valence-corrected chi connectivity index (χ4v) is 2.65. The topological polar surface area (TPSA) is 64.3 Å². The number of amides is 1. The van der Waals surface area contributed by atoms with Crippen LogP contribution in [0.15, 0.2) is 67.0 Å². The van der Waals surface area contributed by atoms with Crippen LogP contribution in [-0.4, -0.2) is 18.5 Å². The summed E-state index contributed by atoms with van der Waals surface area (Å²) in [6.45, 7) is 10.3. The van der Waals surface area contributed by atoms with E-state index in [0.717, 1.165) is 0 Å². The van der Waals surface area contributed by atoms with Crippen LogP contribution in [0.2, 0.25) is 0 Å². The van der Waals surface area contributed by atoms with Crippen LogP contribution in [0.4, 0.5) is 26.3 Å². The van der Waals surface area contributed by atoms with Gasteiger partial charge in [0.25, 0.3) is 5.91 Å². The number of halogens is 6. The lowest BCUT2D eigenvalue weighted by molar-refractivity contribution is -0.143. The summed E-state index contributed by atoms with van der Waals surface area (Å²) in [4.78, 5) is 12.5. The van der Waals surface area contributed by atoms with Crippen LogP contribution in [0.3, 0.4) is 0 Å². The molecular weight excluding hydrogens is 438 g/mol. The number of hydrogen-bond acceptors (Lipinski definition) is 3. The minimum Gasteiger partial charge on any atom is -0.488 e. The standard InChI is InChI=1S/C22H24F6N2O2/c1-6-7-8-9-13(2)20(29,19(31)30-5)15(4)32-14(3)16-10-17(21(23,24)25)12-18(11-16)22(26,27)28/h6-12,14H,2,4,29H2,1,3,5H3,(H,30,31)/b7-6-,9-8-/t14-,20+/m1/s1. The second-order valence-corrected chi connectivity index (χ2v) is 6.82. The summed E-state index contributed by atoms with van der Waals surface area (Å²) in [5.74, 6) is -1.20. The Morgan fingerprint density at radius 2 is 1.56 bits per heavy atom. The zero-order valence-electron chi connectivity index (χ0n) is 17.7. The number of ether oxygens (including phenoxy) is 1. The number of likely N-dealkylation sites (N-methyl/N-ethyl adjacent to an activating group) is 1. The normalized spacial score (nSPS) is 15.4. The lowest BCUT2D eigenvalue weighted by Gasteiger charge is -2.32. The van der Waals surface area contributed by atoms with E-state index in [0.29, 0.717) is 12.1 Å². The first-order chi connectivity index (χ1) is 14.6. The maximum absolute atomic E-state index is 13.1. The summed E-state index contributed by atoms with van der Waals surface area (Å²) < 4.78 is 84.3. The van der Waals surface area contributed by atoms with Gasteiger partial charge in [0.2, 0.25) is 0 Å². The Kier molecular flexibility index (Phi) is 8.51. The van der Waals surface area contributed by atoms with E-state index in [1.54, 1.807) is 19.1 Å². The Balaban J connectivity index is 3.39. The smallest absolute Gasteiger partial charge is 0.416 e. The van der Waals surface area contributed by atoms with Gasteiger partial charge in [-0.2, -0.15) is 26.3 Å². The van der Waals surface area contributed by atoms with Crippen molar-refractivity contribution in [1.29, 1.82) is 0 Å². The molecule has 3 N–H and O–H groups in total. The fourth-order valence-electron chi connectivity index (χ4n) is 2.65. The third-order valence-electron chi connectivity index (χ3n) is 4.53. The van der Waals surface area contributed by atoms with Crippen LogP contribution in [0.5, 0.6) is 0 Å². The highest BCUT2D eigenvalue weighted by Gasteiger charge is 2.42. The second kappa shape index (κ2) is 10.1. The van der Waals surface area contributed by atoms with Crippen molar-refractivity contribution in [2.45, 2.75) is 37.8 Å². The average Bonchev–Trinajstić information content (AvgIpc) is 2.70. The Labute approximate surface area is 182 Å². The van der Waals surface area contributed by atoms with Crippen molar-refractivity contribution in [2.24, 2.45) is 5.73 Å². The van der Waals surface area contributed by atoms with E-state index < -0.39 is 52.4 Å². The molecule has 4 nitrogen and oxygen atoms in total. The highest BCUT2D eigenvalue weighted by molar-refractivity contribution is 5.93. The molecule has 0 saturated heterocycles. The van der Waals surface area contributed by atoms with Gasteiger partial charge in [-0.05, 0) is 43.2 Å². The second-order valence-electron chi connectivity index (χ2n) is 6.82. The predicted molar refractivity (Wildman–Crippen MR) is 109 cm³/mol. The molecule has 0 unspecified atom stereocenters. The van der Waals surface area contributed by atoms with Crippen LogP contribution in [-0.2, 0) is 21.9 Å². The van der Waals surface area contributed by atoms with Crippen LogP contribution >= 0.6 is 0 Å². The maximum Gasteiger partial charge on any atom is 0.416 e. The third kappa shape index (κ3) is 6.25. The minimum atomic E-state index is -5.02. The molecule has 0 radical (unpaired) electrons. The quantitative estimate of drug-likeness (QED) is 0.307. The predicted octanol–water partition coefficient (Wildman–Crippen LogP) is 5.45. The molecule has 32 heavy (non-hydrogen) atoms. The molecule has 1 aromatic rings. The molecule has 1 amide bonds. The zero-order chi connectivity index (χ0) is 24.9. The first kappa shape index (κ1) is 27.0. The fraction of sp³-hybridized carbons (Fsp3) is 0.318. The van der Waals surface area contributed by atoms with Gasteiger partial charge in [-0.15, -0.1) is 0 Å². The van der Waals surface area contributed by atoms with Gasteiger partial charge in [-0.25, -0.2) is 0 Å². The summed E-state index contributed by atoms with van der Waals surface area (Å²) >= 11 is 0. The zero-order valence-corrected chi connectivity index (χ0v) is 17.7. The first-order valence-corrected chi connectivity index (χ1v) is 9.24.